The minimum absolute atomic E-state index is 0.610. The first-order valence-electron chi connectivity index (χ1n) is 7.20. The zero-order valence-electron chi connectivity index (χ0n) is 10.9. The number of para-hydroxylation sites is 1. The Kier molecular flexibility index (Phi) is 2.43. The van der Waals surface area contributed by atoms with Gasteiger partial charge in [-0.1, -0.05) is 6.07 Å². The Labute approximate surface area is 112 Å². The van der Waals surface area contributed by atoms with Gasteiger partial charge in [0.2, 0.25) is 0 Å². The van der Waals surface area contributed by atoms with E-state index in [4.69, 9.17) is 10.2 Å². The number of anilines is 2. The molecule has 0 aliphatic heterocycles. The summed E-state index contributed by atoms with van der Waals surface area (Å²) in [5.74, 6) is 2.69. The summed E-state index contributed by atoms with van der Waals surface area (Å²) in [5, 5.41) is 3.37. The number of aromatic nitrogens is 1. The number of nitrogen functional groups attached to an aromatic ring is 1. The van der Waals surface area contributed by atoms with Crippen LogP contribution in [0.15, 0.2) is 22.6 Å². The van der Waals surface area contributed by atoms with Crippen LogP contribution in [0.5, 0.6) is 0 Å². The highest BCUT2D eigenvalue weighted by Crippen LogP contribution is 2.49. The summed E-state index contributed by atoms with van der Waals surface area (Å²) in [5.41, 5.74) is 8.09. The summed E-state index contributed by atoms with van der Waals surface area (Å²) in [6.45, 7) is 0.988. The molecule has 19 heavy (non-hydrogen) atoms. The van der Waals surface area contributed by atoms with Crippen molar-refractivity contribution >= 4 is 22.8 Å². The predicted molar refractivity (Wildman–Crippen MR) is 75.8 cm³/mol. The number of nitrogens with one attached hydrogen (secondary N) is 1. The lowest BCUT2D eigenvalue weighted by molar-refractivity contribution is 0.423. The van der Waals surface area contributed by atoms with Crippen LogP contribution in [0.3, 0.4) is 0 Å². The van der Waals surface area contributed by atoms with E-state index in [1.54, 1.807) is 0 Å². The monoisotopic (exact) mass is 257 g/mol. The molecule has 4 nitrogen and oxygen atoms in total. The molecule has 2 aromatic rings. The predicted octanol–water partition coefficient (Wildman–Crippen LogP) is 3.26. The van der Waals surface area contributed by atoms with Crippen molar-refractivity contribution in [2.24, 2.45) is 17.8 Å². The van der Waals surface area contributed by atoms with E-state index in [2.05, 4.69) is 10.3 Å². The summed E-state index contributed by atoms with van der Waals surface area (Å²) in [7, 11) is 0. The van der Waals surface area contributed by atoms with Crippen molar-refractivity contribution in [2.45, 2.75) is 25.7 Å². The fraction of sp³-hybridized carbons (Fsp3) is 0.533. The third-order valence-corrected chi connectivity index (χ3v) is 4.39. The Morgan fingerprint density at radius 1 is 1.26 bits per heavy atom. The Morgan fingerprint density at radius 3 is 2.63 bits per heavy atom. The highest BCUT2D eigenvalue weighted by Gasteiger charge is 2.41. The number of hydrogen-bond donors (Lipinski definition) is 2. The largest absolute Gasteiger partial charge is 0.423 e. The molecule has 1 heterocycles. The van der Waals surface area contributed by atoms with Crippen LogP contribution in [0.4, 0.5) is 11.7 Å². The van der Waals surface area contributed by atoms with Gasteiger partial charge in [-0.3, -0.25) is 0 Å². The molecule has 4 rings (SSSR count). The zero-order chi connectivity index (χ0) is 12.8. The van der Waals surface area contributed by atoms with Gasteiger partial charge >= 0.3 is 0 Å². The standard InChI is InChI=1S/C15H19N3O/c16-12-2-1-3-13-14(12)18-15(19-13)17-8-11(9-4-5-9)10-6-7-10/h1-3,9-11H,4-8,16H2,(H,17,18). The number of hydrogen-bond acceptors (Lipinski definition) is 4. The first-order chi connectivity index (χ1) is 9.31. The van der Waals surface area contributed by atoms with Crippen molar-refractivity contribution in [1.82, 2.24) is 4.98 Å². The van der Waals surface area contributed by atoms with Crippen LogP contribution >= 0.6 is 0 Å². The van der Waals surface area contributed by atoms with E-state index < -0.39 is 0 Å². The van der Waals surface area contributed by atoms with Crippen molar-refractivity contribution in [3.05, 3.63) is 18.2 Å². The first-order valence-corrected chi connectivity index (χ1v) is 7.20. The van der Waals surface area contributed by atoms with Gasteiger partial charge in [-0.2, -0.15) is 4.98 Å². The number of nitrogens with zero attached hydrogens (tertiary/aromatic N) is 1. The molecule has 2 aliphatic rings. The number of oxazole rings is 1. The van der Waals surface area contributed by atoms with Crippen LogP contribution in [-0.4, -0.2) is 11.5 Å². The highest BCUT2D eigenvalue weighted by atomic mass is 16.4. The average Bonchev–Trinajstić information content (AvgIpc) is 3.29. The second kappa shape index (κ2) is 4.15. The van der Waals surface area contributed by atoms with Crippen molar-refractivity contribution < 1.29 is 4.42 Å². The van der Waals surface area contributed by atoms with Crippen molar-refractivity contribution in [3.8, 4) is 0 Å². The second-order valence-electron chi connectivity index (χ2n) is 5.93. The van der Waals surface area contributed by atoms with Crippen molar-refractivity contribution in [1.29, 1.82) is 0 Å². The topological polar surface area (TPSA) is 64.1 Å². The number of nitrogens with two attached hydrogens (primary N) is 1. The van der Waals surface area contributed by atoms with Gasteiger partial charge in [0.1, 0.15) is 5.52 Å². The summed E-state index contributed by atoms with van der Waals surface area (Å²) in [6, 6.07) is 6.26. The number of rotatable bonds is 5. The van der Waals surface area contributed by atoms with Crippen LogP contribution in [0.25, 0.3) is 11.1 Å². The molecule has 2 saturated carbocycles. The van der Waals surface area contributed by atoms with Gasteiger partial charge in [-0.25, -0.2) is 0 Å². The smallest absolute Gasteiger partial charge is 0.295 e. The molecule has 0 unspecified atom stereocenters. The SMILES string of the molecule is Nc1cccc2oc(NCC(C3CC3)C3CC3)nc12. The minimum atomic E-state index is 0.610. The molecule has 0 saturated heterocycles. The van der Waals surface area contributed by atoms with Crippen LogP contribution in [0.2, 0.25) is 0 Å². The molecule has 2 aliphatic carbocycles. The van der Waals surface area contributed by atoms with E-state index in [1.165, 1.54) is 25.7 Å². The molecule has 0 amide bonds. The van der Waals surface area contributed by atoms with E-state index in [1.807, 2.05) is 18.2 Å². The molecular formula is C15H19N3O. The molecule has 0 atom stereocenters. The van der Waals surface area contributed by atoms with Gasteiger partial charge in [-0.15, -0.1) is 0 Å². The average molecular weight is 257 g/mol. The summed E-state index contributed by atoms with van der Waals surface area (Å²) < 4.78 is 5.70. The molecule has 2 fully saturated rings. The fourth-order valence-electron chi connectivity index (χ4n) is 3.02. The molecular weight excluding hydrogens is 238 g/mol. The molecule has 0 bridgehead atoms. The molecule has 0 spiro atoms. The Bertz CT molecular complexity index is 586. The minimum Gasteiger partial charge on any atom is -0.423 e. The van der Waals surface area contributed by atoms with Gasteiger partial charge < -0.3 is 15.5 Å². The lowest BCUT2D eigenvalue weighted by Crippen LogP contribution is -2.18. The van der Waals surface area contributed by atoms with E-state index >= 15 is 0 Å². The van der Waals surface area contributed by atoms with Gasteiger partial charge in [0.15, 0.2) is 5.58 Å². The molecule has 3 N–H and O–H groups in total. The maximum absolute atomic E-state index is 5.89. The second-order valence-corrected chi connectivity index (χ2v) is 5.93. The van der Waals surface area contributed by atoms with E-state index in [0.717, 1.165) is 35.4 Å². The van der Waals surface area contributed by atoms with Crippen LogP contribution in [-0.2, 0) is 0 Å². The Balaban J connectivity index is 1.49. The maximum Gasteiger partial charge on any atom is 0.295 e. The summed E-state index contributed by atoms with van der Waals surface area (Å²) in [4.78, 5) is 4.44. The molecule has 1 aromatic carbocycles. The van der Waals surface area contributed by atoms with Gasteiger partial charge in [0.25, 0.3) is 6.01 Å². The van der Waals surface area contributed by atoms with Crippen LogP contribution in [0, 0.1) is 17.8 Å². The van der Waals surface area contributed by atoms with E-state index in [-0.39, 0.29) is 0 Å². The Morgan fingerprint density at radius 2 is 2.00 bits per heavy atom. The number of benzene rings is 1. The lowest BCUT2D eigenvalue weighted by atomic mass is 9.98. The van der Waals surface area contributed by atoms with Crippen molar-refractivity contribution in [3.63, 3.8) is 0 Å². The van der Waals surface area contributed by atoms with Crippen LogP contribution in [0.1, 0.15) is 25.7 Å². The normalized spacial score (nSPS) is 19.2. The molecule has 4 heteroatoms. The quantitative estimate of drug-likeness (QED) is 0.807. The first kappa shape index (κ1) is 11.1. The molecule has 0 radical (unpaired) electrons. The van der Waals surface area contributed by atoms with E-state index in [9.17, 15) is 0 Å². The van der Waals surface area contributed by atoms with Gasteiger partial charge in [-0.05, 0) is 55.6 Å². The molecule has 1 aromatic heterocycles. The maximum atomic E-state index is 5.89. The van der Waals surface area contributed by atoms with Crippen LogP contribution < -0.4 is 11.1 Å². The van der Waals surface area contributed by atoms with E-state index in [0.29, 0.717) is 11.7 Å². The van der Waals surface area contributed by atoms with Gasteiger partial charge in [0.05, 0.1) is 5.69 Å². The van der Waals surface area contributed by atoms with Crippen molar-refractivity contribution in [2.75, 3.05) is 17.6 Å². The highest BCUT2D eigenvalue weighted by molar-refractivity contribution is 5.86. The fourth-order valence-corrected chi connectivity index (χ4v) is 3.02. The third-order valence-electron chi connectivity index (χ3n) is 4.39. The van der Waals surface area contributed by atoms with Gasteiger partial charge in [0, 0.05) is 6.54 Å². The number of fused-ring (bicyclic) bond motifs is 1. The zero-order valence-corrected chi connectivity index (χ0v) is 10.9. The summed E-state index contributed by atoms with van der Waals surface area (Å²) >= 11 is 0. The lowest BCUT2D eigenvalue weighted by Gasteiger charge is -2.14. The Hall–Kier alpha value is -1.71. The third kappa shape index (κ3) is 2.15. The summed E-state index contributed by atoms with van der Waals surface area (Å²) in [6.07, 6.45) is 5.62. The molecule has 100 valence electrons.